The lowest BCUT2D eigenvalue weighted by Gasteiger charge is -2.21. The summed E-state index contributed by atoms with van der Waals surface area (Å²) in [6.07, 6.45) is 4.15. The molecule has 5 heteroatoms. The molecule has 2 heterocycles. The Bertz CT molecular complexity index is 642. The van der Waals surface area contributed by atoms with Crippen molar-refractivity contribution in [2.45, 2.75) is 32.2 Å². The van der Waals surface area contributed by atoms with Crippen molar-refractivity contribution in [2.24, 2.45) is 0 Å². The summed E-state index contributed by atoms with van der Waals surface area (Å²) in [5.74, 6) is 0.901. The number of nitrogens with one attached hydrogen (secondary N) is 2. The molecular weight excluding hydrogens is 288 g/mol. The summed E-state index contributed by atoms with van der Waals surface area (Å²) >= 11 is 0. The van der Waals surface area contributed by atoms with Gasteiger partial charge < -0.3 is 15.7 Å². The number of anilines is 1. The van der Waals surface area contributed by atoms with Crippen molar-refractivity contribution in [1.29, 1.82) is 0 Å². The van der Waals surface area contributed by atoms with Crippen molar-refractivity contribution in [2.75, 3.05) is 25.0 Å². The highest BCUT2D eigenvalue weighted by Gasteiger charge is 2.18. The Morgan fingerprint density at radius 3 is 2.74 bits per heavy atom. The van der Waals surface area contributed by atoms with Crippen molar-refractivity contribution < 1.29 is 5.11 Å². The zero-order valence-electron chi connectivity index (χ0n) is 13.5. The fraction of sp³-hybridized carbons (Fsp3) is 0.444. The predicted molar refractivity (Wildman–Crippen MR) is 91.6 cm³/mol. The Kier molecular flexibility index (Phi) is 5.20. The fourth-order valence-corrected chi connectivity index (χ4v) is 3.01. The van der Waals surface area contributed by atoms with Gasteiger partial charge in [-0.3, -0.25) is 0 Å². The molecule has 23 heavy (non-hydrogen) atoms. The monoisotopic (exact) mass is 312 g/mol. The minimum Gasteiger partial charge on any atom is -0.396 e. The third kappa shape index (κ3) is 3.86. The third-order valence-corrected chi connectivity index (χ3v) is 4.33. The molecule has 3 N–H and O–H groups in total. The van der Waals surface area contributed by atoms with Crippen LogP contribution in [0.1, 0.15) is 34.8 Å². The average Bonchev–Trinajstić information content (AvgIpc) is 2.81. The van der Waals surface area contributed by atoms with Crippen molar-refractivity contribution in [3.05, 3.63) is 53.0 Å². The SMILES string of the molecule is Cc1ccc([C@H](CCO)Nc2ncnc3c2CCNCC3)cc1. The molecule has 0 bridgehead atoms. The molecule has 1 aliphatic heterocycles. The summed E-state index contributed by atoms with van der Waals surface area (Å²) in [7, 11) is 0. The molecule has 0 saturated heterocycles. The second kappa shape index (κ2) is 7.53. The van der Waals surface area contributed by atoms with Gasteiger partial charge in [-0.15, -0.1) is 0 Å². The number of hydrogen-bond acceptors (Lipinski definition) is 5. The number of hydrogen-bond donors (Lipinski definition) is 3. The van der Waals surface area contributed by atoms with Crippen LogP contribution in [0.2, 0.25) is 0 Å². The topological polar surface area (TPSA) is 70.1 Å². The smallest absolute Gasteiger partial charge is 0.133 e. The number of aryl methyl sites for hydroxylation is 1. The van der Waals surface area contributed by atoms with E-state index < -0.39 is 0 Å². The first-order chi connectivity index (χ1) is 11.3. The first-order valence-electron chi connectivity index (χ1n) is 8.25. The highest BCUT2D eigenvalue weighted by Crippen LogP contribution is 2.26. The molecule has 1 aromatic heterocycles. The minimum absolute atomic E-state index is 0.0517. The standard InChI is InChI=1S/C18H24N4O/c1-13-2-4-14(5-3-13)16(8-11-23)22-18-15-6-9-19-10-7-17(15)20-12-21-18/h2-5,12,16,19,23H,6-11H2,1H3,(H,20,21,22)/t16-/m0/s1. The maximum atomic E-state index is 9.43. The maximum Gasteiger partial charge on any atom is 0.133 e. The number of rotatable bonds is 5. The van der Waals surface area contributed by atoms with E-state index in [0.717, 1.165) is 37.4 Å². The van der Waals surface area contributed by atoms with Crippen LogP contribution < -0.4 is 10.6 Å². The molecule has 1 aromatic carbocycles. The van der Waals surface area contributed by atoms with Gasteiger partial charge in [0.15, 0.2) is 0 Å². The Hall–Kier alpha value is -1.98. The molecule has 5 nitrogen and oxygen atoms in total. The van der Waals surface area contributed by atoms with E-state index in [-0.39, 0.29) is 12.6 Å². The van der Waals surface area contributed by atoms with Crippen molar-refractivity contribution >= 4 is 5.82 Å². The lowest BCUT2D eigenvalue weighted by molar-refractivity contribution is 0.280. The van der Waals surface area contributed by atoms with Crippen LogP contribution in [0.5, 0.6) is 0 Å². The summed E-state index contributed by atoms with van der Waals surface area (Å²) < 4.78 is 0. The molecule has 1 atom stereocenters. The van der Waals surface area contributed by atoms with E-state index >= 15 is 0 Å². The number of aromatic nitrogens is 2. The average molecular weight is 312 g/mol. The molecular formula is C18H24N4O. The zero-order chi connectivity index (χ0) is 16.1. The molecule has 0 fully saturated rings. The maximum absolute atomic E-state index is 9.43. The number of nitrogens with zero attached hydrogens (tertiary/aromatic N) is 2. The van der Waals surface area contributed by atoms with Crippen LogP contribution in [0, 0.1) is 6.92 Å². The first kappa shape index (κ1) is 15.9. The van der Waals surface area contributed by atoms with Gasteiger partial charge in [-0.1, -0.05) is 29.8 Å². The van der Waals surface area contributed by atoms with Gasteiger partial charge in [0, 0.05) is 25.1 Å². The molecule has 1 aliphatic rings. The minimum atomic E-state index is 0.0517. The van der Waals surface area contributed by atoms with Crippen molar-refractivity contribution in [3.63, 3.8) is 0 Å². The quantitative estimate of drug-likeness (QED) is 0.788. The molecule has 0 radical (unpaired) electrons. The van der Waals surface area contributed by atoms with E-state index in [1.807, 2.05) is 0 Å². The van der Waals surface area contributed by atoms with Crippen LogP contribution in [0.3, 0.4) is 0 Å². The van der Waals surface area contributed by atoms with Crippen LogP contribution in [0.15, 0.2) is 30.6 Å². The number of fused-ring (bicyclic) bond motifs is 1. The summed E-state index contributed by atoms with van der Waals surface area (Å²) in [6.45, 7) is 4.13. The number of aliphatic hydroxyl groups excluding tert-OH is 1. The van der Waals surface area contributed by atoms with Crippen LogP contribution in [-0.2, 0) is 12.8 Å². The van der Waals surface area contributed by atoms with Gasteiger partial charge in [-0.25, -0.2) is 9.97 Å². The van der Waals surface area contributed by atoms with E-state index in [9.17, 15) is 5.11 Å². The second-order valence-corrected chi connectivity index (χ2v) is 6.02. The van der Waals surface area contributed by atoms with Gasteiger partial charge >= 0.3 is 0 Å². The Labute approximate surface area is 137 Å². The molecule has 122 valence electrons. The van der Waals surface area contributed by atoms with Gasteiger partial charge in [0.05, 0.1) is 11.7 Å². The second-order valence-electron chi connectivity index (χ2n) is 6.02. The highest BCUT2D eigenvalue weighted by molar-refractivity contribution is 5.48. The van der Waals surface area contributed by atoms with Gasteiger partial charge in [0.1, 0.15) is 12.1 Å². The first-order valence-corrected chi connectivity index (χ1v) is 8.25. The summed E-state index contributed by atoms with van der Waals surface area (Å²) in [6, 6.07) is 8.49. The molecule has 3 rings (SSSR count). The van der Waals surface area contributed by atoms with E-state index in [4.69, 9.17) is 0 Å². The number of aliphatic hydroxyl groups is 1. The predicted octanol–water partition coefficient (Wildman–Crippen LogP) is 2.01. The lowest BCUT2D eigenvalue weighted by atomic mass is 10.0. The van der Waals surface area contributed by atoms with Gasteiger partial charge in [0.2, 0.25) is 0 Å². The van der Waals surface area contributed by atoms with Crippen LogP contribution in [0.25, 0.3) is 0 Å². The van der Waals surface area contributed by atoms with Gasteiger partial charge in [-0.05, 0) is 31.9 Å². The normalized spacial score (nSPS) is 15.6. The molecule has 0 amide bonds. The Morgan fingerprint density at radius 2 is 1.96 bits per heavy atom. The number of benzene rings is 1. The molecule has 0 unspecified atom stereocenters. The molecule has 2 aromatic rings. The van der Waals surface area contributed by atoms with Crippen LogP contribution in [-0.4, -0.2) is 34.8 Å². The Balaban J connectivity index is 1.87. The third-order valence-electron chi connectivity index (χ3n) is 4.33. The lowest BCUT2D eigenvalue weighted by Crippen LogP contribution is -2.17. The zero-order valence-corrected chi connectivity index (χ0v) is 13.5. The van der Waals surface area contributed by atoms with E-state index in [1.54, 1.807) is 6.33 Å². The summed E-state index contributed by atoms with van der Waals surface area (Å²) in [5.41, 5.74) is 4.73. The summed E-state index contributed by atoms with van der Waals surface area (Å²) in [4.78, 5) is 8.90. The van der Waals surface area contributed by atoms with E-state index in [1.165, 1.54) is 16.7 Å². The van der Waals surface area contributed by atoms with Gasteiger partial charge in [-0.2, -0.15) is 0 Å². The Morgan fingerprint density at radius 1 is 1.17 bits per heavy atom. The van der Waals surface area contributed by atoms with E-state index in [2.05, 4.69) is 51.8 Å². The van der Waals surface area contributed by atoms with Crippen LogP contribution in [0.4, 0.5) is 5.82 Å². The molecule has 0 saturated carbocycles. The fourth-order valence-electron chi connectivity index (χ4n) is 3.01. The van der Waals surface area contributed by atoms with Crippen molar-refractivity contribution in [1.82, 2.24) is 15.3 Å². The highest BCUT2D eigenvalue weighted by atomic mass is 16.3. The van der Waals surface area contributed by atoms with Crippen LogP contribution >= 0.6 is 0 Å². The molecule has 0 spiro atoms. The van der Waals surface area contributed by atoms with Gasteiger partial charge in [0.25, 0.3) is 0 Å². The van der Waals surface area contributed by atoms with E-state index in [0.29, 0.717) is 6.42 Å². The summed E-state index contributed by atoms with van der Waals surface area (Å²) in [5, 5.41) is 16.4. The molecule has 0 aliphatic carbocycles. The largest absolute Gasteiger partial charge is 0.396 e. The van der Waals surface area contributed by atoms with Crippen molar-refractivity contribution in [3.8, 4) is 0 Å².